The van der Waals surface area contributed by atoms with Gasteiger partial charge in [0.15, 0.2) is 6.10 Å². The highest BCUT2D eigenvalue weighted by Gasteiger charge is 2.37. The van der Waals surface area contributed by atoms with Gasteiger partial charge in [-0.2, -0.15) is 13.2 Å². The topological polar surface area (TPSA) is 32.3 Å². The van der Waals surface area contributed by atoms with Crippen molar-refractivity contribution in [2.45, 2.75) is 25.2 Å². The molecule has 0 radical (unpaired) electrons. The van der Waals surface area contributed by atoms with Crippen LogP contribution < -0.4 is 5.32 Å². The molecule has 2 atom stereocenters. The third-order valence-electron chi connectivity index (χ3n) is 3.29. The van der Waals surface area contributed by atoms with E-state index >= 15 is 0 Å². The van der Waals surface area contributed by atoms with E-state index in [0.717, 1.165) is 16.3 Å². The van der Waals surface area contributed by atoms with E-state index in [1.165, 1.54) is 0 Å². The second kappa shape index (κ2) is 5.81. The Kier molecular flexibility index (Phi) is 4.30. The summed E-state index contributed by atoms with van der Waals surface area (Å²) in [5.74, 6) is 0. The molecule has 5 heteroatoms. The number of aliphatic hydroxyl groups excluding tert-OH is 1. The molecule has 0 aliphatic heterocycles. The number of fused-ring (bicyclic) bond motifs is 1. The summed E-state index contributed by atoms with van der Waals surface area (Å²) in [5, 5.41) is 13.8. The molecule has 2 nitrogen and oxygen atoms in total. The van der Waals surface area contributed by atoms with Gasteiger partial charge >= 0.3 is 6.18 Å². The van der Waals surface area contributed by atoms with Crippen molar-refractivity contribution < 1.29 is 18.3 Å². The van der Waals surface area contributed by atoms with Crippen LogP contribution in [0, 0.1) is 0 Å². The number of nitrogens with one attached hydrogen (secondary N) is 1. The van der Waals surface area contributed by atoms with Crippen LogP contribution in [0.25, 0.3) is 10.8 Å². The molecule has 0 bridgehead atoms. The summed E-state index contributed by atoms with van der Waals surface area (Å²) in [6, 6.07) is 13.1. The van der Waals surface area contributed by atoms with Gasteiger partial charge in [-0.1, -0.05) is 42.5 Å². The summed E-state index contributed by atoms with van der Waals surface area (Å²) < 4.78 is 36.8. The first-order chi connectivity index (χ1) is 9.39. The SMILES string of the molecule is CC(NCC(O)C(F)(F)F)c1cccc2ccccc12. The number of halogens is 3. The second-order valence-corrected chi connectivity index (χ2v) is 4.76. The maximum Gasteiger partial charge on any atom is 0.415 e. The zero-order chi connectivity index (χ0) is 14.8. The van der Waals surface area contributed by atoms with Crippen LogP contribution in [0.3, 0.4) is 0 Å². The molecule has 2 aromatic rings. The Morgan fingerprint density at radius 3 is 2.45 bits per heavy atom. The van der Waals surface area contributed by atoms with E-state index in [9.17, 15) is 13.2 Å². The van der Waals surface area contributed by atoms with Gasteiger partial charge in [-0.25, -0.2) is 0 Å². The maximum atomic E-state index is 12.3. The normalized spacial score (nSPS) is 15.2. The van der Waals surface area contributed by atoms with E-state index in [4.69, 9.17) is 5.11 Å². The van der Waals surface area contributed by atoms with Crippen molar-refractivity contribution >= 4 is 10.8 Å². The Bertz CT molecular complexity index is 577. The molecule has 0 spiro atoms. The van der Waals surface area contributed by atoms with E-state index in [1.54, 1.807) is 6.92 Å². The van der Waals surface area contributed by atoms with E-state index in [1.807, 2.05) is 42.5 Å². The monoisotopic (exact) mass is 283 g/mol. The summed E-state index contributed by atoms with van der Waals surface area (Å²) in [6.45, 7) is 1.26. The minimum Gasteiger partial charge on any atom is -0.382 e. The molecule has 0 heterocycles. The second-order valence-electron chi connectivity index (χ2n) is 4.76. The minimum absolute atomic E-state index is 0.280. The molecule has 2 unspecified atom stereocenters. The minimum atomic E-state index is -4.59. The van der Waals surface area contributed by atoms with Crippen molar-refractivity contribution in [1.29, 1.82) is 0 Å². The Balaban J connectivity index is 2.14. The number of hydrogen-bond donors (Lipinski definition) is 2. The third kappa shape index (κ3) is 3.29. The zero-order valence-electron chi connectivity index (χ0n) is 11.0. The molecule has 0 saturated carbocycles. The number of benzene rings is 2. The largest absolute Gasteiger partial charge is 0.415 e. The van der Waals surface area contributed by atoms with Gasteiger partial charge in [0.25, 0.3) is 0 Å². The highest BCUT2D eigenvalue weighted by atomic mass is 19.4. The van der Waals surface area contributed by atoms with E-state index < -0.39 is 18.8 Å². The summed E-state index contributed by atoms with van der Waals surface area (Å²) in [7, 11) is 0. The van der Waals surface area contributed by atoms with Crippen molar-refractivity contribution in [3.63, 3.8) is 0 Å². The van der Waals surface area contributed by atoms with Crippen molar-refractivity contribution in [3.05, 3.63) is 48.0 Å². The maximum absolute atomic E-state index is 12.3. The number of rotatable bonds is 4. The fourth-order valence-electron chi connectivity index (χ4n) is 2.14. The molecule has 0 aliphatic carbocycles. The molecule has 20 heavy (non-hydrogen) atoms. The lowest BCUT2D eigenvalue weighted by molar-refractivity contribution is -0.202. The molecule has 2 rings (SSSR count). The first-order valence-corrected chi connectivity index (χ1v) is 6.35. The summed E-state index contributed by atoms with van der Waals surface area (Å²) >= 11 is 0. The Morgan fingerprint density at radius 1 is 1.10 bits per heavy atom. The number of alkyl halides is 3. The van der Waals surface area contributed by atoms with Gasteiger partial charge in [0.2, 0.25) is 0 Å². The van der Waals surface area contributed by atoms with Gasteiger partial charge in [0, 0.05) is 12.6 Å². The van der Waals surface area contributed by atoms with Gasteiger partial charge < -0.3 is 10.4 Å². The predicted molar refractivity (Wildman–Crippen MR) is 72.4 cm³/mol. The third-order valence-corrected chi connectivity index (χ3v) is 3.29. The highest BCUT2D eigenvalue weighted by Crippen LogP contribution is 2.25. The summed E-state index contributed by atoms with van der Waals surface area (Å²) in [4.78, 5) is 0. The van der Waals surface area contributed by atoms with Crippen molar-refractivity contribution in [3.8, 4) is 0 Å². The Labute approximate surface area is 115 Å². The molecule has 2 N–H and O–H groups in total. The summed E-state index contributed by atoms with van der Waals surface area (Å²) in [6.07, 6.45) is -6.94. The lowest BCUT2D eigenvalue weighted by Gasteiger charge is -2.20. The average Bonchev–Trinajstić information content (AvgIpc) is 2.42. The number of hydrogen-bond acceptors (Lipinski definition) is 2. The Hall–Kier alpha value is -1.59. The van der Waals surface area contributed by atoms with Gasteiger partial charge in [-0.15, -0.1) is 0 Å². The molecule has 0 aliphatic rings. The fraction of sp³-hybridized carbons (Fsp3) is 0.333. The molecule has 2 aromatic carbocycles. The molecule has 108 valence electrons. The highest BCUT2D eigenvalue weighted by molar-refractivity contribution is 5.86. The number of aliphatic hydroxyl groups is 1. The summed E-state index contributed by atoms with van der Waals surface area (Å²) in [5.41, 5.74) is 0.914. The van der Waals surface area contributed by atoms with Crippen LogP contribution >= 0.6 is 0 Å². The van der Waals surface area contributed by atoms with Crippen LogP contribution in [0.1, 0.15) is 18.5 Å². The Morgan fingerprint density at radius 2 is 1.75 bits per heavy atom. The van der Waals surface area contributed by atoms with Gasteiger partial charge in [-0.3, -0.25) is 0 Å². The van der Waals surface area contributed by atoms with Crippen LogP contribution in [0.15, 0.2) is 42.5 Å². The lowest BCUT2D eigenvalue weighted by atomic mass is 9.99. The fourth-order valence-corrected chi connectivity index (χ4v) is 2.14. The molecule has 0 fully saturated rings. The van der Waals surface area contributed by atoms with Gasteiger partial charge in [0.05, 0.1) is 0 Å². The quantitative estimate of drug-likeness (QED) is 0.901. The predicted octanol–water partition coefficient (Wildman–Crippen LogP) is 3.41. The van der Waals surface area contributed by atoms with Crippen molar-refractivity contribution in [1.82, 2.24) is 5.32 Å². The van der Waals surface area contributed by atoms with Crippen LogP contribution in [-0.4, -0.2) is 23.9 Å². The van der Waals surface area contributed by atoms with Gasteiger partial charge in [-0.05, 0) is 23.3 Å². The lowest BCUT2D eigenvalue weighted by Crippen LogP contribution is -2.39. The molecular weight excluding hydrogens is 267 g/mol. The smallest absolute Gasteiger partial charge is 0.382 e. The van der Waals surface area contributed by atoms with Crippen molar-refractivity contribution in [2.24, 2.45) is 0 Å². The zero-order valence-corrected chi connectivity index (χ0v) is 11.0. The first kappa shape index (κ1) is 14.8. The molecule has 0 amide bonds. The van der Waals surface area contributed by atoms with Crippen LogP contribution in [-0.2, 0) is 0 Å². The van der Waals surface area contributed by atoms with Gasteiger partial charge in [0.1, 0.15) is 0 Å². The van der Waals surface area contributed by atoms with Crippen LogP contribution in [0.2, 0.25) is 0 Å². The van der Waals surface area contributed by atoms with E-state index in [-0.39, 0.29) is 6.04 Å². The first-order valence-electron chi connectivity index (χ1n) is 6.35. The van der Waals surface area contributed by atoms with Crippen LogP contribution in [0.5, 0.6) is 0 Å². The van der Waals surface area contributed by atoms with Crippen molar-refractivity contribution in [2.75, 3.05) is 6.54 Å². The van der Waals surface area contributed by atoms with Crippen LogP contribution in [0.4, 0.5) is 13.2 Å². The molecular formula is C15H16F3NO. The van der Waals surface area contributed by atoms with E-state index in [0.29, 0.717) is 0 Å². The molecule has 0 saturated heterocycles. The molecule has 0 aromatic heterocycles. The average molecular weight is 283 g/mol. The van der Waals surface area contributed by atoms with E-state index in [2.05, 4.69) is 5.32 Å². The standard InChI is InChI=1S/C15H16F3NO/c1-10(19-9-14(20)15(16,17)18)12-8-4-6-11-5-2-3-7-13(11)12/h2-8,10,14,19-20H,9H2,1H3.